The number of fused-ring (bicyclic) bond motifs is 4. The Morgan fingerprint density at radius 3 is 2.32 bits per heavy atom. The molecule has 5 aliphatic heterocycles. The van der Waals surface area contributed by atoms with E-state index in [4.69, 9.17) is 4.98 Å². The maximum absolute atomic E-state index is 14.0. The molecule has 74 heavy (non-hydrogen) atoms. The van der Waals surface area contributed by atoms with Crippen molar-refractivity contribution in [3.63, 3.8) is 0 Å². The summed E-state index contributed by atoms with van der Waals surface area (Å²) in [5.41, 5.74) is 8.08. The monoisotopic (exact) mass is 1000 g/mol. The van der Waals surface area contributed by atoms with E-state index in [1.54, 1.807) is 42.5 Å². The van der Waals surface area contributed by atoms with E-state index in [-0.39, 0.29) is 53.8 Å². The van der Waals surface area contributed by atoms with Crippen LogP contribution in [0.2, 0.25) is 0 Å². The van der Waals surface area contributed by atoms with E-state index in [1.807, 2.05) is 36.5 Å². The zero-order valence-electron chi connectivity index (χ0n) is 42.7. The van der Waals surface area contributed by atoms with Gasteiger partial charge in [-0.2, -0.15) is 0 Å². The molecule has 7 aliphatic rings. The number of amides is 5. The number of piperidine rings is 2. The van der Waals surface area contributed by atoms with Crippen molar-refractivity contribution in [1.82, 2.24) is 34.2 Å². The number of aliphatic hydroxyl groups excluding tert-OH is 1. The molecule has 0 bridgehead atoms. The molecule has 3 atom stereocenters. The molecule has 3 saturated heterocycles. The minimum atomic E-state index is -0.986. The van der Waals surface area contributed by atoms with Crippen LogP contribution in [0.3, 0.4) is 0 Å². The summed E-state index contributed by atoms with van der Waals surface area (Å²) >= 11 is 0. The standard InChI is InChI=1S/C56H63N11O7/c1-32-23-56(13-15-63(32)36-6-8-40-41(22-36)52(72)67(51(40)71)44-9-11-48(69)60-50(44)70)25-38(26-56)62-16-17-64(33(2)29-62)37-7-10-47(58-28-37)59-43-20-35(30-61(5)53(43)73)39-12-14-57-49(42(39)31-68)66-19-18-65-45(54(66)74)21-34-24-55(3,4)27-46(34)65/h6-8,10,12,14,20-22,28,30,32-33,38,44,68H,9,11,13,15-19,23-27,29,31H2,1-5H3,(H,58,59)(H,60,69,70)/t32-,33-,38?,44?,56?/m0/s1. The van der Waals surface area contributed by atoms with Crippen molar-refractivity contribution >= 4 is 58.2 Å². The fraction of sp³-hybridized carbons (Fsp3) is 0.464. The van der Waals surface area contributed by atoms with Gasteiger partial charge in [0, 0.05) is 106 Å². The van der Waals surface area contributed by atoms with E-state index in [1.165, 1.54) is 15.8 Å². The second kappa shape index (κ2) is 17.8. The smallest absolute Gasteiger partial charge is 0.276 e. The molecule has 4 aromatic heterocycles. The molecule has 9 heterocycles. The number of nitrogens with zero attached hydrogens (tertiary/aromatic N) is 9. The molecule has 384 valence electrons. The maximum Gasteiger partial charge on any atom is 0.276 e. The summed E-state index contributed by atoms with van der Waals surface area (Å²) in [6, 6.07) is 15.0. The van der Waals surface area contributed by atoms with Gasteiger partial charge in [0.05, 0.1) is 29.6 Å². The summed E-state index contributed by atoms with van der Waals surface area (Å²) in [4.78, 5) is 98.3. The number of benzene rings is 1. The normalized spacial score (nSPS) is 25.6. The molecule has 12 rings (SSSR count). The highest BCUT2D eigenvalue weighted by Crippen LogP contribution is 2.53. The molecule has 3 N–H and O–H groups in total. The van der Waals surface area contributed by atoms with E-state index in [0.717, 1.165) is 81.0 Å². The van der Waals surface area contributed by atoms with Crippen molar-refractivity contribution < 1.29 is 29.1 Å². The van der Waals surface area contributed by atoms with Gasteiger partial charge in [-0.15, -0.1) is 0 Å². The molecule has 1 unspecified atom stereocenters. The molecular weight excluding hydrogens is 939 g/mol. The van der Waals surface area contributed by atoms with Crippen molar-refractivity contribution in [3.8, 4) is 11.1 Å². The number of aryl methyl sites for hydroxylation is 1. The summed E-state index contributed by atoms with van der Waals surface area (Å²) < 4.78 is 3.67. The van der Waals surface area contributed by atoms with Crippen molar-refractivity contribution in [2.45, 2.75) is 116 Å². The summed E-state index contributed by atoms with van der Waals surface area (Å²) in [6.07, 6.45) is 11.7. The van der Waals surface area contributed by atoms with Gasteiger partial charge in [0.25, 0.3) is 23.3 Å². The highest BCUT2D eigenvalue weighted by molar-refractivity contribution is 6.23. The number of imide groups is 2. The first-order valence-electron chi connectivity index (χ1n) is 26.2. The number of hydrogen-bond donors (Lipinski definition) is 3. The summed E-state index contributed by atoms with van der Waals surface area (Å²) in [5.74, 6) is -1.16. The minimum absolute atomic E-state index is 0.0851. The molecule has 18 nitrogen and oxygen atoms in total. The number of anilines is 5. The molecule has 5 amide bonds. The predicted octanol–water partition coefficient (Wildman–Crippen LogP) is 5.41. The lowest BCUT2D eigenvalue weighted by atomic mass is 9.58. The Balaban J connectivity index is 0.662. The molecule has 4 fully saturated rings. The van der Waals surface area contributed by atoms with Crippen LogP contribution in [0.15, 0.2) is 71.9 Å². The zero-order chi connectivity index (χ0) is 51.5. The van der Waals surface area contributed by atoms with Gasteiger partial charge >= 0.3 is 0 Å². The highest BCUT2D eigenvalue weighted by Gasteiger charge is 2.51. The predicted molar refractivity (Wildman–Crippen MR) is 279 cm³/mol. The van der Waals surface area contributed by atoms with E-state index in [2.05, 4.69) is 62.6 Å². The third-order valence-electron chi connectivity index (χ3n) is 17.3. The van der Waals surface area contributed by atoms with E-state index in [0.29, 0.717) is 70.0 Å². The van der Waals surface area contributed by atoms with E-state index < -0.39 is 29.7 Å². The Kier molecular flexibility index (Phi) is 11.5. The van der Waals surface area contributed by atoms with Gasteiger partial charge in [0.15, 0.2) is 0 Å². The van der Waals surface area contributed by atoms with Crippen LogP contribution in [-0.2, 0) is 42.6 Å². The Bertz CT molecular complexity index is 3250. The fourth-order valence-electron chi connectivity index (χ4n) is 13.7. The third-order valence-corrected chi connectivity index (χ3v) is 17.3. The van der Waals surface area contributed by atoms with Crippen LogP contribution in [0, 0.1) is 10.8 Å². The zero-order valence-corrected chi connectivity index (χ0v) is 42.7. The largest absolute Gasteiger partial charge is 0.392 e. The van der Waals surface area contributed by atoms with Gasteiger partial charge in [-0.3, -0.25) is 48.8 Å². The van der Waals surface area contributed by atoms with E-state index in [9.17, 15) is 33.9 Å². The number of aromatic nitrogens is 4. The van der Waals surface area contributed by atoms with Gasteiger partial charge in [-0.05, 0) is 129 Å². The number of carbonyl (C=O) groups is 5. The summed E-state index contributed by atoms with van der Waals surface area (Å²) in [7, 11) is 1.69. The third kappa shape index (κ3) is 7.99. The second-order valence-electron chi connectivity index (χ2n) is 22.8. The fourth-order valence-corrected chi connectivity index (χ4v) is 13.7. The SMILES string of the molecule is C[C@H]1CN(C2CC3(CCN(c4ccc5c(c4)C(=O)N(C4CCC(=O)NC4=O)C5=O)[C@@H](C)C3)C2)CCN1c1ccc(Nc2cc(-c3ccnc(N4CCn5c(cc6c5CC(C)(C)C6)C4=O)c3CO)cn(C)c2=O)nc1. The lowest BCUT2D eigenvalue weighted by Crippen LogP contribution is -2.62. The first-order chi connectivity index (χ1) is 35.5. The van der Waals surface area contributed by atoms with Crippen LogP contribution in [0.1, 0.15) is 114 Å². The Hall–Kier alpha value is -7.18. The van der Waals surface area contributed by atoms with Crippen molar-refractivity contribution in [3.05, 3.63) is 111 Å². The van der Waals surface area contributed by atoms with Crippen molar-refractivity contribution in [1.29, 1.82) is 0 Å². The molecule has 18 heteroatoms. The van der Waals surface area contributed by atoms with Gasteiger partial charge in [-0.25, -0.2) is 9.97 Å². The average Bonchev–Trinajstić information content (AvgIpc) is 3.96. The lowest BCUT2D eigenvalue weighted by molar-refractivity contribution is -0.136. The van der Waals surface area contributed by atoms with Gasteiger partial charge < -0.3 is 29.4 Å². The molecule has 5 aromatic rings. The number of carbonyl (C=O) groups excluding carboxylic acids is 5. The number of hydrogen-bond acceptors (Lipinski definition) is 13. The average molecular weight is 1000 g/mol. The number of piperazine rings is 1. The molecule has 2 aliphatic carbocycles. The Morgan fingerprint density at radius 1 is 0.797 bits per heavy atom. The lowest BCUT2D eigenvalue weighted by Gasteiger charge is -2.58. The van der Waals surface area contributed by atoms with Gasteiger partial charge in [0.2, 0.25) is 11.8 Å². The Morgan fingerprint density at radius 2 is 1.58 bits per heavy atom. The first kappa shape index (κ1) is 47.8. The summed E-state index contributed by atoms with van der Waals surface area (Å²) in [6.45, 7) is 13.4. The molecule has 1 spiro atoms. The molecule has 1 aromatic carbocycles. The van der Waals surface area contributed by atoms with Gasteiger partial charge in [0.1, 0.15) is 29.1 Å². The van der Waals surface area contributed by atoms with Crippen molar-refractivity contribution in [2.75, 3.05) is 52.7 Å². The Labute approximate surface area is 429 Å². The summed E-state index contributed by atoms with van der Waals surface area (Å²) in [5, 5.41) is 16.4. The van der Waals surface area contributed by atoms with Crippen LogP contribution < -0.4 is 30.9 Å². The van der Waals surface area contributed by atoms with Crippen LogP contribution in [0.25, 0.3) is 11.1 Å². The van der Waals surface area contributed by atoms with Crippen LogP contribution >= 0.6 is 0 Å². The van der Waals surface area contributed by atoms with Crippen LogP contribution in [0.4, 0.5) is 28.7 Å². The first-order valence-corrected chi connectivity index (χ1v) is 26.2. The number of rotatable bonds is 9. The van der Waals surface area contributed by atoms with Crippen LogP contribution in [-0.4, -0.2) is 120 Å². The highest BCUT2D eigenvalue weighted by atomic mass is 16.3. The molecule has 0 radical (unpaired) electrons. The quantitative estimate of drug-likeness (QED) is 0.159. The number of aliphatic hydroxyl groups is 1. The van der Waals surface area contributed by atoms with Crippen molar-refractivity contribution in [2.24, 2.45) is 17.9 Å². The number of pyridine rings is 3. The minimum Gasteiger partial charge on any atom is -0.392 e. The number of nitrogens with one attached hydrogen (secondary N) is 2. The van der Waals surface area contributed by atoms with Gasteiger partial charge in [-0.1, -0.05) is 13.8 Å². The van der Waals surface area contributed by atoms with E-state index >= 15 is 0 Å². The maximum atomic E-state index is 14.0. The second-order valence-corrected chi connectivity index (χ2v) is 22.8. The topological polar surface area (TPSA) is 199 Å². The molecule has 1 saturated carbocycles. The van der Waals surface area contributed by atoms with Crippen LogP contribution in [0.5, 0.6) is 0 Å². The molecular formula is C56H63N11O7.